The van der Waals surface area contributed by atoms with Crippen molar-refractivity contribution in [1.82, 2.24) is 0 Å². The van der Waals surface area contributed by atoms with Crippen LogP contribution in [0.2, 0.25) is 18.1 Å². The van der Waals surface area contributed by atoms with Crippen molar-refractivity contribution in [1.29, 1.82) is 0 Å². The Morgan fingerprint density at radius 3 is 1.97 bits per heavy atom. The fourth-order valence-electron chi connectivity index (χ4n) is 5.24. The molecule has 0 spiro atoms. The SMILES string of the molecule is CCCCCCCCCCCCC(OC(=O)Nc1ccccc1)c1cc([Si](CC)(CC)CC)oc1C. The summed E-state index contributed by atoms with van der Waals surface area (Å²) in [6.07, 6.45) is 13.1. The van der Waals surface area contributed by atoms with E-state index in [0.717, 1.165) is 29.9 Å². The summed E-state index contributed by atoms with van der Waals surface area (Å²) in [6, 6.07) is 15.3. The number of rotatable bonds is 18. The number of hydrogen-bond acceptors (Lipinski definition) is 3. The number of nitrogens with one attached hydrogen (secondary N) is 1. The molecule has 1 N–H and O–H groups in total. The predicted molar refractivity (Wildman–Crippen MR) is 156 cm³/mol. The molecule has 0 bridgehead atoms. The van der Waals surface area contributed by atoms with E-state index in [1.54, 1.807) is 0 Å². The van der Waals surface area contributed by atoms with Crippen LogP contribution in [-0.2, 0) is 4.74 Å². The summed E-state index contributed by atoms with van der Waals surface area (Å²) >= 11 is 0. The largest absolute Gasteiger partial charge is 0.471 e. The molecule has 2 aromatic rings. The molecule has 5 heteroatoms. The van der Waals surface area contributed by atoms with E-state index >= 15 is 0 Å². The highest BCUT2D eigenvalue weighted by Gasteiger charge is 2.35. The van der Waals surface area contributed by atoms with Crippen LogP contribution >= 0.6 is 0 Å². The number of unbranched alkanes of at least 4 members (excludes halogenated alkanes) is 9. The van der Waals surface area contributed by atoms with Crippen LogP contribution in [0.1, 0.15) is 116 Å². The van der Waals surface area contributed by atoms with E-state index in [0.29, 0.717) is 0 Å². The standard InChI is InChI=1S/C31H51NO3Si/c1-6-10-11-12-13-14-15-16-17-21-24-29(35-31(33)32-27-22-19-18-20-23-27)28-25-30(34-26(28)5)36(7-2,8-3)9-4/h18-20,22-23,25,29H,6-17,21,24H2,1-5H3,(H,32,33). The van der Waals surface area contributed by atoms with Gasteiger partial charge in [0.2, 0.25) is 0 Å². The number of hydrogen-bond donors (Lipinski definition) is 1. The third kappa shape index (κ3) is 9.46. The molecule has 1 aromatic heterocycles. The fraction of sp³-hybridized carbons (Fsp3) is 0.645. The molecule has 0 aliphatic heterocycles. The molecular formula is C31H51NO3Si. The Labute approximate surface area is 221 Å². The predicted octanol–water partition coefficient (Wildman–Crippen LogP) is 9.90. The zero-order chi connectivity index (χ0) is 26.2. The van der Waals surface area contributed by atoms with Gasteiger partial charge in [-0.2, -0.15) is 0 Å². The summed E-state index contributed by atoms with van der Waals surface area (Å²) in [5.41, 5.74) is 1.80. The lowest BCUT2D eigenvalue weighted by molar-refractivity contribution is 0.103. The molecule has 0 aliphatic rings. The van der Waals surface area contributed by atoms with E-state index < -0.39 is 14.2 Å². The molecule has 1 amide bonds. The summed E-state index contributed by atoms with van der Waals surface area (Å²) in [5, 5.41) is 4.06. The zero-order valence-electron chi connectivity index (χ0n) is 23.7. The van der Waals surface area contributed by atoms with E-state index in [9.17, 15) is 4.79 Å². The quantitative estimate of drug-likeness (QED) is 0.159. The summed E-state index contributed by atoms with van der Waals surface area (Å²) in [6.45, 7) is 11.2. The number of anilines is 1. The number of amides is 1. The topological polar surface area (TPSA) is 51.5 Å². The minimum atomic E-state index is -1.64. The van der Waals surface area contributed by atoms with Gasteiger partial charge in [-0.3, -0.25) is 5.32 Å². The van der Waals surface area contributed by atoms with Gasteiger partial charge in [-0.25, -0.2) is 4.79 Å². The van der Waals surface area contributed by atoms with Crippen molar-refractivity contribution < 1.29 is 13.9 Å². The van der Waals surface area contributed by atoms with Crippen molar-refractivity contribution >= 4 is 25.2 Å². The van der Waals surface area contributed by atoms with Crippen molar-refractivity contribution in [2.45, 2.75) is 129 Å². The number of aryl methyl sites for hydroxylation is 1. The Bertz CT molecular complexity index is 852. The van der Waals surface area contributed by atoms with Crippen molar-refractivity contribution in [3.8, 4) is 0 Å². The average Bonchev–Trinajstić information content (AvgIpc) is 3.28. The van der Waals surface area contributed by atoms with Crippen molar-refractivity contribution in [2.24, 2.45) is 0 Å². The van der Waals surface area contributed by atoms with E-state index in [4.69, 9.17) is 9.15 Å². The molecule has 202 valence electrons. The second kappa shape index (κ2) is 16.7. The minimum Gasteiger partial charge on any atom is -0.471 e. The van der Waals surface area contributed by atoms with Crippen LogP contribution in [-0.4, -0.2) is 14.2 Å². The van der Waals surface area contributed by atoms with Gasteiger partial charge in [0, 0.05) is 11.3 Å². The van der Waals surface area contributed by atoms with Gasteiger partial charge in [-0.05, 0) is 38.0 Å². The van der Waals surface area contributed by atoms with Crippen LogP contribution in [0.5, 0.6) is 0 Å². The lowest BCUT2D eigenvalue weighted by atomic mass is 10.0. The summed E-state index contributed by atoms with van der Waals surface area (Å²) in [5.74, 6) is 0.904. The smallest absolute Gasteiger partial charge is 0.412 e. The second-order valence-corrected chi connectivity index (χ2v) is 15.5. The van der Waals surface area contributed by atoms with Gasteiger partial charge >= 0.3 is 6.09 Å². The minimum absolute atomic E-state index is 0.280. The molecular weight excluding hydrogens is 462 g/mol. The highest BCUT2D eigenvalue weighted by atomic mass is 28.3. The van der Waals surface area contributed by atoms with Crippen molar-refractivity contribution in [2.75, 3.05) is 5.32 Å². The Hall–Kier alpha value is -2.01. The lowest BCUT2D eigenvalue weighted by Crippen LogP contribution is -2.44. The molecule has 36 heavy (non-hydrogen) atoms. The van der Waals surface area contributed by atoms with Crippen molar-refractivity contribution in [3.05, 3.63) is 47.7 Å². The first-order valence-corrected chi connectivity index (χ1v) is 17.2. The number of furan rings is 1. The molecule has 0 fully saturated rings. The monoisotopic (exact) mass is 513 g/mol. The molecule has 0 radical (unpaired) electrons. The van der Waals surface area contributed by atoms with Gasteiger partial charge in [-0.1, -0.05) is 122 Å². The van der Waals surface area contributed by atoms with Crippen LogP contribution < -0.4 is 10.7 Å². The van der Waals surface area contributed by atoms with Gasteiger partial charge < -0.3 is 9.15 Å². The van der Waals surface area contributed by atoms with Gasteiger partial charge in [0.25, 0.3) is 0 Å². The van der Waals surface area contributed by atoms with Gasteiger partial charge in [-0.15, -0.1) is 0 Å². The molecule has 0 aliphatic carbocycles. The molecule has 0 saturated carbocycles. The average molecular weight is 514 g/mol. The highest BCUT2D eigenvalue weighted by molar-refractivity contribution is 6.90. The van der Waals surface area contributed by atoms with E-state index in [1.807, 2.05) is 37.3 Å². The summed E-state index contributed by atoms with van der Waals surface area (Å²) in [7, 11) is -1.64. The third-order valence-corrected chi connectivity index (χ3v) is 13.3. The Balaban J connectivity index is 2.01. The molecule has 1 heterocycles. The van der Waals surface area contributed by atoms with Crippen LogP contribution in [0.25, 0.3) is 0 Å². The molecule has 0 saturated heterocycles. The van der Waals surface area contributed by atoms with Crippen LogP contribution in [0.3, 0.4) is 0 Å². The first kappa shape index (κ1) is 30.2. The molecule has 2 rings (SSSR count). The number of benzene rings is 1. The third-order valence-electron chi connectivity index (χ3n) is 7.95. The Kier molecular flexibility index (Phi) is 14.0. The lowest BCUT2D eigenvalue weighted by Gasteiger charge is -2.25. The number of ether oxygens (including phenoxy) is 1. The molecule has 4 nitrogen and oxygen atoms in total. The Morgan fingerprint density at radius 1 is 0.861 bits per heavy atom. The summed E-state index contributed by atoms with van der Waals surface area (Å²) < 4.78 is 12.4. The number of carbonyl (C=O) groups is 1. The van der Waals surface area contributed by atoms with Gasteiger partial charge in [0.05, 0.1) is 5.38 Å². The molecule has 1 unspecified atom stereocenters. The van der Waals surface area contributed by atoms with Gasteiger partial charge in [0.1, 0.15) is 19.9 Å². The molecule has 1 atom stereocenters. The van der Waals surface area contributed by atoms with Crippen LogP contribution in [0.4, 0.5) is 10.5 Å². The van der Waals surface area contributed by atoms with Crippen LogP contribution in [0, 0.1) is 6.92 Å². The zero-order valence-corrected chi connectivity index (χ0v) is 24.7. The number of para-hydroxylation sites is 1. The van der Waals surface area contributed by atoms with E-state index in [1.165, 1.54) is 81.3 Å². The van der Waals surface area contributed by atoms with Crippen molar-refractivity contribution in [3.63, 3.8) is 0 Å². The normalized spacial score (nSPS) is 12.5. The van der Waals surface area contributed by atoms with Gasteiger partial charge in [0.15, 0.2) is 0 Å². The fourth-order valence-corrected chi connectivity index (χ4v) is 8.62. The maximum atomic E-state index is 12.8. The first-order chi connectivity index (χ1) is 17.5. The van der Waals surface area contributed by atoms with Crippen LogP contribution in [0.15, 0.2) is 40.8 Å². The Morgan fingerprint density at radius 2 is 1.42 bits per heavy atom. The molecule has 1 aromatic carbocycles. The first-order valence-electron chi connectivity index (χ1n) is 14.6. The number of carbonyl (C=O) groups excluding carboxylic acids is 1. The van der Waals surface area contributed by atoms with E-state index in [2.05, 4.69) is 39.1 Å². The maximum absolute atomic E-state index is 12.8. The second-order valence-electron chi connectivity index (χ2n) is 10.3. The van der Waals surface area contributed by atoms with E-state index in [-0.39, 0.29) is 6.10 Å². The highest BCUT2D eigenvalue weighted by Crippen LogP contribution is 2.31. The maximum Gasteiger partial charge on any atom is 0.412 e. The summed E-state index contributed by atoms with van der Waals surface area (Å²) in [4.78, 5) is 12.8.